The number of aromatic carboxylic acids is 1. The molecule has 1 amide bonds. The van der Waals surface area contributed by atoms with Crippen LogP contribution < -0.4 is 15.4 Å². The molecule has 0 atom stereocenters. The number of thiocarbonyl (C=S) groups is 1. The van der Waals surface area contributed by atoms with E-state index < -0.39 is 5.97 Å². The molecule has 3 N–H and O–H groups in total. The molecule has 2 aromatic carbocycles. The van der Waals surface area contributed by atoms with Crippen LogP contribution in [0.3, 0.4) is 0 Å². The molecule has 3 aromatic rings. The van der Waals surface area contributed by atoms with Crippen molar-refractivity contribution in [3.63, 3.8) is 0 Å². The number of methoxy groups -OCH3 is 1. The first-order chi connectivity index (χ1) is 13.9. The second-order valence-electron chi connectivity index (χ2n) is 6.10. The summed E-state index contributed by atoms with van der Waals surface area (Å²) in [5, 5.41) is 14.8. The molecule has 7 nitrogen and oxygen atoms in total. The van der Waals surface area contributed by atoms with Gasteiger partial charge in [-0.1, -0.05) is 18.2 Å². The van der Waals surface area contributed by atoms with Crippen LogP contribution in [0, 0.1) is 6.92 Å². The summed E-state index contributed by atoms with van der Waals surface area (Å²) in [6, 6.07) is 15.2. The Morgan fingerprint density at radius 2 is 1.86 bits per heavy atom. The molecule has 0 unspecified atom stereocenters. The van der Waals surface area contributed by atoms with E-state index in [4.69, 9.17) is 26.5 Å². The van der Waals surface area contributed by atoms with Crippen molar-refractivity contribution < 1.29 is 23.8 Å². The van der Waals surface area contributed by atoms with Crippen molar-refractivity contribution in [3.05, 3.63) is 71.5 Å². The highest BCUT2D eigenvalue weighted by molar-refractivity contribution is 7.80. The first-order valence-corrected chi connectivity index (χ1v) is 8.99. The number of carbonyl (C=O) groups is 2. The number of carbonyl (C=O) groups excluding carboxylic acids is 1. The van der Waals surface area contributed by atoms with Crippen LogP contribution in [0.25, 0.3) is 11.3 Å². The second kappa shape index (κ2) is 8.57. The lowest BCUT2D eigenvalue weighted by molar-refractivity contribution is 0.0663. The minimum absolute atomic E-state index is 0.0813. The molecule has 8 heteroatoms. The highest BCUT2D eigenvalue weighted by atomic mass is 32.1. The first-order valence-electron chi connectivity index (χ1n) is 8.58. The van der Waals surface area contributed by atoms with Crippen molar-refractivity contribution in [1.82, 2.24) is 5.32 Å². The van der Waals surface area contributed by atoms with E-state index in [0.29, 0.717) is 28.3 Å². The summed E-state index contributed by atoms with van der Waals surface area (Å²) in [5.41, 5.74) is 2.39. The molecule has 0 fully saturated rings. The van der Waals surface area contributed by atoms with Crippen molar-refractivity contribution >= 4 is 34.9 Å². The molecule has 0 spiro atoms. The average Bonchev–Trinajstić information content (AvgIpc) is 3.18. The summed E-state index contributed by atoms with van der Waals surface area (Å²) in [7, 11) is 1.52. The van der Waals surface area contributed by atoms with Crippen molar-refractivity contribution in [2.45, 2.75) is 6.92 Å². The fourth-order valence-electron chi connectivity index (χ4n) is 2.72. The van der Waals surface area contributed by atoms with Gasteiger partial charge >= 0.3 is 5.97 Å². The average molecular weight is 410 g/mol. The maximum absolute atomic E-state index is 12.5. The Labute approximate surface area is 172 Å². The number of aryl methyl sites for hydroxylation is 1. The van der Waals surface area contributed by atoms with Crippen LogP contribution in [0.1, 0.15) is 26.5 Å². The third-order valence-corrected chi connectivity index (χ3v) is 4.38. The van der Waals surface area contributed by atoms with Crippen LogP contribution in [-0.4, -0.2) is 29.2 Å². The van der Waals surface area contributed by atoms with E-state index in [1.54, 1.807) is 36.4 Å². The molecule has 148 valence electrons. The minimum Gasteiger partial charge on any atom is -0.497 e. The summed E-state index contributed by atoms with van der Waals surface area (Å²) in [5.74, 6) is -0.802. The van der Waals surface area contributed by atoms with Gasteiger partial charge in [-0.2, -0.15) is 0 Å². The molecule has 0 aliphatic carbocycles. The normalized spacial score (nSPS) is 10.3. The Hall–Kier alpha value is -3.65. The summed E-state index contributed by atoms with van der Waals surface area (Å²) < 4.78 is 10.6. The molecule has 0 saturated carbocycles. The second-order valence-corrected chi connectivity index (χ2v) is 6.51. The van der Waals surface area contributed by atoms with Gasteiger partial charge in [-0.05, 0) is 55.0 Å². The predicted molar refractivity (Wildman–Crippen MR) is 113 cm³/mol. The van der Waals surface area contributed by atoms with Crippen LogP contribution in [0.5, 0.6) is 5.75 Å². The van der Waals surface area contributed by atoms with Crippen molar-refractivity contribution in [2.24, 2.45) is 0 Å². The van der Waals surface area contributed by atoms with Crippen molar-refractivity contribution in [1.29, 1.82) is 0 Å². The quantitative estimate of drug-likeness (QED) is 0.545. The Kier molecular flexibility index (Phi) is 5.94. The Balaban J connectivity index is 1.85. The van der Waals surface area contributed by atoms with E-state index in [-0.39, 0.29) is 16.8 Å². The molecule has 0 radical (unpaired) electrons. The number of hydrogen-bond acceptors (Lipinski definition) is 5. The van der Waals surface area contributed by atoms with Gasteiger partial charge in [-0.3, -0.25) is 10.1 Å². The van der Waals surface area contributed by atoms with Gasteiger partial charge in [0.25, 0.3) is 5.91 Å². The number of furan rings is 1. The first kappa shape index (κ1) is 20.1. The Bertz CT molecular complexity index is 1090. The molecule has 0 aliphatic rings. The molecule has 1 aromatic heterocycles. The van der Waals surface area contributed by atoms with Crippen molar-refractivity contribution in [2.75, 3.05) is 12.4 Å². The predicted octanol–water partition coefficient (Wildman–Crippen LogP) is 4.09. The zero-order chi connectivity index (χ0) is 21.0. The molecule has 1 heterocycles. The summed E-state index contributed by atoms with van der Waals surface area (Å²) in [6.45, 7) is 1.84. The summed E-state index contributed by atoms with van der Waals surface area (Å²) >= 11 is 5.28. The van der Waals surface area contributed by atoms with E-state index in [0.717, 1.165) is 5.56 Å². The fourth-order valence-corrected chi connectivity index (χ4v) is 2.92. The zero-order valence-electron chi connectivity index (χ0n) is 15.7. The molecule has 29 heavy (non-hydrogen) atoms. The number of anilines is 1. The Morgan fingerprint density at radius 3 is 2.52 bits per heavy atom. The van der Waals surface area contributed by atoms with E-state index >= 15 is 0 Å². The fraction of sp³-hybridized carbons (Fsp3) is 0.0952. The van der Waals surface area contributed by atoms with Crippen LogP contribution in [-0.2, 0) is 0 Å². The van der Waals surface area contributed by atoms with Gasteiger partial charge in [-0.15, -0.1) is 0 Å². The maximum Gasteiger partial charge on any atom is 0.371 e. The minimum atomic E-state index is -1.17. The smallest absolute Gasteiger partial charge is 0.371 e. The monoisotopic (exact) mass is 410 g/mol. The van der Waals surface area contributed by atoms with Crippen LogP contribution >= 0.6 is 12.2 Å². The zero-order valence-corrected chi connectivity index (χ0v) is 16.5. The highest BCUT2D eigenvalue weighted by Gasteiger charge is 2.16. The number of benzene rings is 2. The molecular formula is C21H18N2O5S. The number of amides is 1. The summed E-state index contributed by atoms with van der Waals surface area (Å²) in [4.78, 5) is 23.6. The van der Waals surface area contributed by atoms with Gasteiger partial charge in [0.05, 0.1) is 12.8 Å². The van der Waals surface area contributed by atoms with Crippen molar-refractivity contribution in [3.8, 4) is 17.1 Å². The van der Waals surface area contributed by atoms with Crippen LogP contribution in [0.2, 0.25) is 0 Å². The number of ether oxygens (including phenoxy) is 1. The third kappa shape index (κ3) is 4.61. The molecule has 0 aliphatic heterocycles. The van der Waals surface area contributed by atoms with E-state index in [1.165, 1.54) is 13.2 Å². The molecule has 3 rings (SSSR count). The lowest BCUT2D eigenvalue weighted by Gasteiger charge is -2.14. The summed E-state index contributed by atoms with van der Waals surface area (Å²) in [6.07, 6.45) is 0. The van der Waals surface area contributed by atoms with Gasteiger partial charge in [0.2, 0.25) is 5.76 Å². The lowest BCUT2D eigenvalue weighted by atomic mass is 10.1. The van der Waals surface area contributed by atoms with E-state index in [1.807, 2.05) is 19.1 Å². The van der Waals surface area contributed by atoms with Crippen LogP contribution in [0.4, 0.5) is 5.69 Å². The molecule has 0 saturated heterocycles. The van der Waals surface area contributed by atoms with Crippen LogP contribution in [0.15, 0.2) is 59.0 Å². The number of nitrogens with one attached hydrogen (secondary N) is 2. The molecule has 0 bridgehead atoms. The third-order valence-electron chi connectivity index (χ3n) is 4.17. The lowest BCUT2D eigenvalue weighted by Crippen LogP contribution is -2.34. The van der Waals surface area contributed by atoms with Gasteiger partial charge in [0.1, 0.15) is 11.5 Å². The largest absolute Gasteiger partial charge is 0.497 e. The van der Waals surface area contributed by atoms with Gasteiger partial charge in [-0.25, -0.2) is 4.79 Å². The number of rotatable bonds is 5. The topological polar surface area (TPSA) is 101 Å². The van der Waals surface area contributed by atoms with Gasteiger partial charge in [0.15, 0.2) is 5.11 Å². The number of carboxylic acid groups (broad SMARTS) is 1. The maximum atomic E-state index is 12.5. The van der Waals surface area contributed by atoms with E-state index in [9.17, 15) is 9.59 Å². The standard InChI is InChI=1S/C21H18N2O5S/c1-12-5-3-4-6-14(12)19(24)23-21(29)22-16-11-13(27-2)7-8-15(16)17-9-10-18(28-17)20(25)26/h3-11H,1-2H3,(H,25,26)(H2,22,23,24,29). The van der Waals surface area contributed by atoms with Gasteiger partial charge in [0, 0.05) is 17.2 Å². The number of hydrogen-bond donors (Lipinski definition) is 3. The Morgan fingerprint density at radius 1 is 1.10 bits per heavy atom. The molecular weight excluding hydrogens is 392 g/mol. The van der Waals surface area contributed by atoms with E-state index in [2.05, 4.69) is 10.6 Å². The highest BCUT2D eigenvalue weighted by Crippen LogP contribution is 2.32. The van der Waals surface area contributed by atoms with Gasteiger partial charge < -0.3 is 19.6 Å². The number of carboxylic acids is 1. The SMILES string of the molecule is COc1ccc(-c2ccc(C(=O)O)o2)c(NC(=S)NC(=O)c2ccccc2C)c1.